The van der Waals surface area contributed by atoms with Crippen LogP contribution in [-0.4, -0.2) is 20.2 Å². The molecule has 1 aromatic heterocycles. The van der Waals surface area contributed by atoms with Crippen LogP contribution in [0.4, 0.5) is 4.39 Å². The predicted molar refractivity (Wildman–Crippen MR) is 47.8 cm³/mol. The lowest BCUT2D eigenvalue weighted by Gasteiger charge is -2.02. The van der Waals surface area contributed by atoms with E-state index in [0.717, 1.165) is 0 Å². The van der Waals surface area contributed by atoms with Gasteiger partial charge in [0.25, 0.3) is 0 Å². The minimum absolute atomic E-state index is 0.102. The quantitative estimate of drug-likeness (QED) is 0.702. The molecule has 0 aliphatic heterocycles. The van der Waals surface area contributed by atoms with Crippen LogP contribution in [0, 0.1) is 5.82 Å². The van der Waals surface area contributed by atoms with E-state index in [0.29, 0.717) is 0 Å². The summed E-state index contributed by atoms with van der Waals surface area (Å²) in [6.45, 7) is 0. The molecule has 0 bridgehead atoms. The first kappa shape index (κ1) is 8.96. The lowest BCUT2D eigenvalue weighted by Crippen LogP contribution is -1.89. The fourth-order valence-corrected chi connectivity index (χ4v) is 1.26. The summed E-state index contributed by atoms with van der Waals surface area (Å²) < 4.78 is 13.3. The molecule has 2 aromatic rings. The lowest BCUT2D eigenvalue weighted by molar-refractivity contribution is 0.402. The van der Waals surface area contributed by atoms with Gasteiger partial charge in [-0.2, -0.15) is 9.97 Å². The summed E-state index contributed by atoms with van der Waals surface area (Å²) in [5.41, 5.74) is -0.206. The SMILES string of the molecule is Oc1nc(O)c2ccc(Cl)c(F)c2n1. The maximum atomic E-state index is 13.3. The lowest BCUT2D eigenvalue weighted by atomic mass is 10.2. The first-order valence-electron chi connectivity index (χ1n) is 3.63. The van der Waals surface area contributed by atoms with Crippen molar-refractivity contribution in [2.45, 2.75) is 0 Å². The molecule has 6 heteroatoms. The van der Waals surface area contributed by atoms with E-state index in [1.165, 1.54) is 12.1 Å². The Labute approximate surface area is 82.6 Å². The molecule has 0 atom stereocenters. The molecule has 14 heavy (non-hydrogen) atoms. The average molecular weight is 215 g/mol. The number of fused-ring (bicyclic) bond motifs is 1. The number of hydrogen-bond donors (Lipinski definition) is 2. The topological polar surface area (TPSA) is 66.2 Å². The van der Waals surface area contributed by atoms with Crippen LogP contribution in [0.1, 0.15) is 0 Å². The van der Waals surface area contributed by atoms with Gasteiger partial charge < -0.3 is 10.2 Å². The molecule has 4 nitrogen and oxygen atoms in total. The maximum absolute atomic E-state index is 13.3. The smallest absolute Gasteiger partial charge is 0.317 e. The molecule has 0 saturated carbocycles. The zero-order valence-corrected chi connectivity index (χ0v) is 7.46. The fourth-order valence-electron chi connectivity index (χ4n) is 1.11. The molecule has 2 rings (SSSR count). The summed E-state index contributed by atoms with van der Waals surface area (Å²) in [7, 11) is 0. The highest BCUT2D eigenvalue weighted by Gasteiger charge is 2.12. The van der Waals surface area contributed by atoms with Crippen molar-refractivity contribution in [3.05, 3.63) is 23.0 Å². The Morgan fingerprint density at radius 2 is 1.93 bits per heavy atom. The van der Waals surface area contributed by atoms with Crippen molar-refractivity contribution in [1.82, 2.24) is 9.97 Å². The maximum Gasteiger partial charge on any atom is 0.317 e. The van der Waals surface area contributed by atoms with Crippen LogP contribution < -0.4 is 0 Å². The summed E-state index contributed by atoms with van der Waals surface area (Å²) in [4.78, 5) is 6.68. The third-order valence-corrected chi connectivity index (χ3v) is 2.02. The zero-order chi connectivity index (χ0) is 10.3. The molecule has 0 fully saturated rings. The molecular weight excluding hydrogens is 211 g/mol. The number of aromatic hydroxyl groups is 2. The number of rotatable bonds is 0. The van der Waals surface area contributed by atoms with Crippen LogP contribution in [0.3, 0.4) is 0 Å². The van der Waals surface area contributed by atoms with Gasteiger partial charge in [-0.1, -0.05) is 11.6 Å². The van der Waals surface area contributed by atoms with Crippen LogP contribution in [-0.2, 0) is 0 Å². The predicted octanol–water partition coefficient (Wildman–Crippen LogP) is 1.83. The van der Waals surface area contributed by atoms with E-state index in [1.807, 2.05) is 0 Å². The van der Waals surface area contributed by atoms with Gasteiger partial charge in [0.1, 0.15) is 5.52 Å². The second-order valence-electron chi connectivity index (χ2n) is 2.60. The molecular formula is C8H4ClFN2O2. The molecule has 0 saturated heterocycles. The summed E-state index contributed by atoms with van der Waals surface area (Å²) in [6.07, 6.45) is 0. The van der Waals surface area contributed by atoms with Crippen LogP contribution in [0.25, 0.3) is 10.9 Å². The molecule has 0 aliphatic rings. The van der Waals surface area contributed by atoms with Crippen molar-refractivity contribution < 1.29 is 14.6 Å². The first-order chi connectivity index (χ1) is 6.59. The largest absolute Gasteiger partial charge is 0.493 e. The Hall–Kier alpha value is -1.62. The van der Waals surface area contributed by atoms with Crippen molar-refractivity contribution in [2.24, 2.45) is 0 Å². The van der Waals surface area contributed by atoms with Crippen LogP contribution in [0.2, 0.25) is 5.02 Å². The Kier molecular flexibility index (Phi) is 1.89. The molecule has 2 N–H and O–H groups in total. The van der Waals surface area contributed by atoms with Crippen molar-refractivity contribution in [3.8, 4) is 11.9 Å². The monoisotopic (exact) mass is 214 g/mol. The van der Waals surface area contributed by atoms with Crippen LogP contribution in [0.5, 0.6) is 11.9 Å². The van der Waals surface area contributed by atoms with Crippen molar-refractivity contribution >= 4 is 22.5 Å². The highest BCUT2D eigenvalue weighted by atomic mass is 35.5. The molecule has 72 valence electrons. The van der Waals surface area contributed by atoms with Crippen molar-refractivity contribution in [1.29, 1.82) is 0 Å². The standard InChI is InChI=1S/C8H4ClFN2O2/c9-4-2-1-3-6(5(4)10)11-8(14)12-7(3)13/h1-2H,(H2,11,12,13,14). The van der Waals surface area contributed by atoms with Gasteiger partial charge in [0.05, 0.1) is 10.4 Å². The van der Waals surface area contributed by atoms with E-state index in [4.69, 9.17) is 16.7 Å². The minimum Gasteiger partial charge on any atom is -0.493 e. The van der Waals surface area contributed by atoms with Gasteiger partial charge >= 0.3 is 6.01 Å². The second kappa shape index (κ2) is 2.95. The van der Waals surface area contributed by atoms with Crippen molar-refractivity contribution in [3.63, 3.8) is 0 Å². The zero-order valence-electron chi connectivity index (χ0n) is 6.70. The molecule has 0 amide bonds. The van der Waals surface area contributed by atoms with E-state index in [9.17, 15) is 9.50 Å². The molecule has 0 aliphatic carbocycles. The molecule has 1 heterocycles. The number of halogens is 2. The fraction of sp³-hybridized carbons (Fsp3) is 0. The molecule has 0 unspecified atom stereocenters. The van der Waals surface area contributed by atoms with Gasteiger partial charge in [-0.25, -0.2) is 4.39 Å². The Morgan fingerprint density at radius 3 is 2.64 bits per heavy atom. The van der Waals surface area contributed by atoms with Gasteiger partial charge in [-0.3, -0.25) is 0 Å². The van der Waals surface area contributed by atoms with E-state index >= 15 is 0 Å². The minimum atomic E-state index is -0.794. The van der Waals surface area contributed by atoms with E-state index in [2.05, 4.69) is 9.97 Å². The average Bonchev–Trinajstić information content (AvgIpc) is 2.12. The Morgan fingerprint density at radius 1 is 1.21 bits per heavy atom. The number of nitrogens with zero attached hydrogens (tertiary/aromatic N) is 2. The third kappa shape index (κ3) is 1.22. The van der Waals surface area contributed by atoms with E-state index in [1.54, 1.807) is 0 Å². The van der Waals surface area contributed by atoms with Crippen molar-refractivity contribution in [2.75, 3.05) is 0 Å². The van der Waals surface area contributed by atoms with Gasteiger partial charge in [0, 0.05) is 0 Å². The molecule has 0 spiro atoms. The van der Waals surface area contributed by atoms with Gasteiger partial charge in [0.2, 0.25) is 5.88 Å². The normalized spacial score (nSPS) is 10.7. The van der Waals surface area contributed by atoms with Gasteiger partial charge in [-0.15, -0.1) is 0 Å². The summed E-state index contributed by atoms with van der Waals surface area (Å²) in [5, 5.41) is 18.2. The highest BCUT2D eigenvalue weighted by molar-refractivity contribution is 6.31. The molecule has 0 radical (unpaired) electrons. The van der Waals surface area contributed by atoms with Crippen LogP contribution in [0.15, 0.2) is 12.1 Å². The molecule has 1 aromatic carbocycles. The third-order valence-electron chi connectivity index (χ3n) is 1.73. The second-order valence-corrected chi connectivity index (χ2v) is 3.01. The highest BCUT2D eigenvalue weighted by Crippen LogP contribution is 2.28. The summed E-state index contributed by atoms with van der Waals surface area (Å²) >= 11 is 5.49. The Bertz CT molecular complexity index is 518. The first-order valence-corrected chi connectivity index (χ1v) is 4.01. The van der Waals surface area contributed by atoms with E-state index < -0.39 is 17.7 Å². The van der Waals surface area contributed by atoms with Crippen LogP contribution >= 0.6 is 11.6 Å². The Balaban J connectivity index is 2.95. The van der Waals surface area contributed by atoms with Gasteiger partial charge in [0.15, 0.2) is 5.82 Å². The number of hydrogen-bond acceptors (Lipinski definition) is 4. The number of benzene rings is 1. The summed E-state index contributed by atoms with van der Waals surface area (Å²) in [5.74, 6) is -1.28. The van der Waals surface area contributed by atoms with Gasteiger partial charge in [-0.05, 0) is 12.1 Å². The summed E-state index contributed by atoms with van der Waals surface area (Å²) in [6, 6.07) is 1.95. The van der Waals surface area contributed by atoms with E-state index in [-0.39, 0.29) is 15.9 Å². The number of aromatic nitrogens is 2.